The lowest BCUT2D eigenvalue weighted by atomic mass is 9.79. The SMILES string of the molecule is CCCN1C[C@H](C(=O)N[C@H](C)CC)C=C2c3cccc4[nH]cc(c34)C[C@H]21. The molecule has 2 aliphatic rings. The molecular weight excluding hydrogens is 322 g/mol. The fourth-order valence-corrected chi connectivity index (χ4v) is 4.48. The molecule has 138 valence electrons. The Bertz CT molecular complexity index is 850. The number of amides is 1. The van der Waals surface area contributed by atoms with Crippen LogP contribution in [-0.4, -0.2) is 41.0 Å². The lowest BCUT2D eigenvalue weighted by Gasteiger charge is -2.41. The Morgan fingerprint density at radius 2 is 2.23 bits per heavy atom. The van der Waals surface area contributed by atoms with Gasteiger partial charge in [-0.3, -0.25) is 9.69 Å². The summed E-state index contributed by atoms with van der Waals surface area (Å²) in [5.41, 5.74) is 5.25. The monoisotopic (exact) mass is 351 g/mol. The average Bonchev–Trinajstić information content (AvgIpc) is 3.06. The van der Waals surface area contributed by atoms with Gasteiger partial charge >= 0.3 is 0 Å². The van der Waals surface area contributed by atoms with E-state index in [0.29, 0.717) is 6.04 Å². The number of H-pyrrole nitrogens is 1. The van der Waals surface area contributed by atoms with Crippen LogP contribution >= 0.6 is 0 Å². The van der Waals surface area contributed by atoms with Crippen LogP contribution in [0, 0.1) is 5.92 Å². The van der Waals surface area contributed by atoms with Crippen LogP contribution in [0.2, 0.25) is 0 Å². The smallest absolute Gasteiger partial charge is 0.228 e. The maximum Gasteiger partial charge on any atom is 0.228 e. The van der Waals surface area contributed by atoms with E-state index in [-0.39, 0.29) is 17.9 Å². The minimum atomic E-state index is -0.0717. The molecule has 0 saturated heterocycles. The van der Waals surface area contributed by atoms with Crippen molar-refractivity contribution in [2.75, 3.05) is 13.1 Å². The molecule has 3 atom stereocenters. The van der Waals surface area contributed by atoms with Gasteiger partial charge in [0.15, 0.2) is 0 Å². The normalized spacial score (nSPS) is 23.4. The largest absolute Gasteiger partial charge is 0.361 e. The van der Waals surface area contributed by atoms with Crippen LogP contribution < -0.4 is 5.32 Å². The zero-order valence-electron chi connectivity index (χ0n) is 16.0. The molecule has 1 aliphatic heterocycles. The number of aromatic nitrogens is 1. The highest BCUT2D eigenvalue weighted by Gasteiger charge is 2.36. The molecule has 2 N–H and O–H groups in total. The van der Waals surface area contributed by atoms with Gasteiger partial charge in [-0.05, 0) is 55.5 Å². The van der Waals surface area contributed by atoms with Gasteiger partial charge in [0.25, 0.3) is 0 Å². The minimum absolute atomic E-state index is 0.0717. The Kier molecular flexibility index (Phi) is 4.62. The molecule has 2 heterocycles. The third kappa shape index (κ3) is 2.86. The minimum Gasteiger partial charge on any atom is -0.361 e. The van der Waals surface area contributed by atoms with Crippen molar-refractivity contribution in [3.05, 3.63) is 41.6 Å². The molecule has 1 amide bonds. The Labute approximate surface area is 155 Å². The second-order valence-electron chi connectivity index (χ2n) is 7.80. The molecule has 1 aromatic heterocycles. The van der Waals surface area contributed by atoms with Crippen LogP contribution in [0.4, 0.5) is 0 Å². The van der Waals surface area contributed by atoms with Gasteiger partial charge in [-0.25, -0.2) is 0 Å². The standard InChI is InChI=1S/C22H29N3O/c1-4-9-25-13-16(22(26)24-14(3)5-2)10-18-17-7-6-8-19-21(17)15(12-23-19)11-20(18)25/h6-8,10,12,14,16,20,23H,4-5,9,11,13H2,1-3H3,(H,24,26)/t14-,16-,20-/m1/s1. The van der Waals surface area contributed by atoms with E-state index < -0.39 is 0 Å². The number of benzene rings is 1. The summed E-state index contributed by atoms with van der Waals surface area (Å²) in [6, 6.07) is 7.09. The van der Waals surface area contributed by atoms with E-state index >= 15 is 0 Å². The van der Waals surface area contributed by atoms with Gasteiger partial charge in [0.05, 0.1) is 5.92 Å². The molecule has 0 saturated carbocycles. The molecule has 0 fully saturated rings. The third-order valence-electron chi connectivity index (χ3n) is 5.97. The predicted octanol–water partition coefficient (Wildman–Crippen LogP) is 3.73. The number of hydrogen-bond acceptors (Lipinski definition) is 2. The Morgan fingerprint density at radius 3 is 3.00 bits per heavy atom. The van der Waals surface area contributed by atoms with Crippen molar-refractivity contribution in [1.82, 2.24) is 15.2 Å². The van der Waals surface area contributed by atoms with Crippen molar-refractivity contribution in [3.8, 4) is 0 Å². The molecular formula is C22H29N3O. The van der Waals surface area contributed by atoms with Crippen LogP contribution in [0.5, 0.6) is 0 Å². The zero-order valence-corrected chi connectivity index (χ0v) is 16.0. The molecule has 0 radical (unpaired) electrons. The fourth-order valence-electron chi connectivity index (χ4n) is 4.48. The molecule has 0 spiro atoms. The van der Waals surface area contributed by atoms with Gasteiger partial charge in [-0.15, -0.1) is 0 Å². The molecule has 4 heteroatoms. The first kappa shape index (κ1) is 17.3. The number of hydrogen-bond donors (Lipinski definition) is 2. The maximum absolute atomic E-state index is 12.8. The summed E-state index contributed by atoms with van der Waals surface area (Å²) >= 11 is 0. The first-order valence-corrected chi connectivity index (χ1v) is 9.97. The second-order valence-corrected chi connectivity index (χ2v) is 7.80. The first-order valence-electron chi connectivity index (χ1n) is 9.97. The van der Waals surface area contributed by atoms with Gasteiger partial charge in [0.2, 0.25) is 5.91 Å². The highest BCUT2D eigenvalue weighted by Crippen LogP contribution is 2.41. The number of rotatable bonds is 5. The zero-order chi connectivity index (χ0) is 18.3. The number of nitrogens with zero attached hydrogens (tertiary/aromatic N) is 1. The molecule has 1 aromatic carbocycles. The van der Waals surface area contributed by atoms with E-state index in [1.165, 1.54) is 27.6 Å². The van der Waals surface area contributed by atoms with Crippen LogP contribution in [-0.2, 0) is 11.2 Å². The van der Waals surface area contributed by atoms with Crippen LogP contribution in [0.3, 0.4) is 0 Å². The van der Waals surface area contributed by atoms with Crippen molar-refractivity contribution in [2.45, 2.75) is 52.1 Å². The van der Waals surface area contributed by atoms with E-state index in [4.69, 9.17) is 0 Å². The molecule has 0 bridgehead atoms. The number of carbonyl (C=O) groups excluding carboxylic acids is 1. The lowest BCUT2D eigenvalue weighted by Crippen LogP contribution is -2.49. The molecule has 2 aromatic rings. The summed E-state index contributed by atoms with van der Waals surface area (Å²) in [7, 11) is 0. The molecule has 4 rings (SSSR count). The quantitative estimate of drug-likeness (QED) is 0.862. The van der Waals surface area contributed by atoms with Crippen LogP contribution in [0.25, 0.3) is 16.5 Å². The maximum atomic E-state index is 12.8. The predicted molar refractivity (Wildman–Crippen MR) is 107 cm³/mol. The van der Waals surface area contributed by atoms with Crippen molar-refractivity contribution < 1.29 is 4.79 Å². The number of aromatic amines is 1. The average molecular weight is 351 g/mol. The van der Waals surface area contributed by atoms with Crippen LogP contribution in [0.1, 0.15) is 44.7 Å². The van der Waals surface area contributed by atoms with Gasteiger partial charge in [0, 0.05) is 35.7 Å². The van der Waals surface area contributed by atoms with E-state index in [1.54, 1.807) is 0 Å². The first-order chi connectivity index (χ1) is 12.6. The van der Waals surface area contributed by atoms with E-state index in [2.05, 4.69) is 66.4 Å². The summed E-state index contributed by atoms with van der Waals surface area (Å²) in [5, 5.41) is 4.52. The second kappa shape index (κ2) is 6.92. The Balaban J connectivity index is 1.75. The summed E-state index contributed by atoms with van der Waals surface area (Å²) in [6.07, 6.45) is 7.51. The summed E-state index contributed by atoms with van der Waals surface area (Å²) in [5.74, 6) is 0.0935. The van der Waals surface area contributed by atoms with E-state index in [9.17, 15) is 4.79 Å². The van der Waals surface area contributed by atoms with Gasteiger partial charge in [0.1, 0.15) is 0 Å². The van der Waals surface area contributed by atoms with Crippen molar-refractivity contribution in [3.63, 3.8) is 0 Å². The Morgan fingerprint density at radius 1 is 1.38 bits per heavy atom. The molecule has 1 aliphatic carbocycles. The fraction of sp³-hybridized carbons (Fsp3) is 0.500. The number of nitrogens with one attached hydrogen (secondary N) is 2. The van der Waals surface area contributed by atoms with Crippen molar-refractivity contribution in [2.24, 2.45) is 5.92 Å². The number of fused-ring (bicyclic) bond motifs is 2. The molecule has 26 heavy (non-hydrogen) atoms. The van der Waals surface area contributed by atoms with Crippen molar-refractivity contribution in [1.29, 1.82) is 0 Å². The molecule has 0 unspecified atom stereocenters. The topological polar surface area (TPSA) is 48.1 Å². The summed E-state index contributed by atoms with van der Waals surface area (Å²) < 4.78 is 0. The highest BCUT2D eigenvalue weighted by molar-refractivity contribution is 5.99. The lowest BCUT2D eigenvalue weighted by molar-refractivity contribution is -0.125. The van der Waals surface area contributed by atoms with E-state index in [1.807, 2.05) is 0 Å². The highest BCUT2D eigenvalue weighted by atomic mass is 16.2. The van der Waals surface area contributed by atoms with Gasteiger partial charge in [-0.1, -0.05) is 32.1 Å². The van der Waals surface area contributed by atoms with Crippen LogP contribution in [0.15, 0.2) is 30.5 Å². The van der Waals surface area contributed by atoms with Gasteiger partial charge in [-0.2, -0.15) is 0 Å². The Hall–Kier alpha value is -2.07. The third-order valence-corrected chi connectivity index (χ3v) is 5.97. The van der Waals surface area contributed by atoms with Crippen molar-refractivity contribution >= 4 is 22.4 Å². The van der Waals surface area contributed by atoms with Gasteiger partial charge < -0.3 is 10.3 Å². The summed E-state index contributed by atoms with van der Waals surface area (Å²) in [6.45, 7) is 8.26. The molecule has 4 nitrogen and oxygen atoms in total. The number of carbonyl (C=O) groups is 1. The van der Waals surface area contributed by atoms with E-state index in [0.717, 1.165) is 32.4 Å². The summed E-state index contributed by atoms with van der Waals surface area (Å²) in [4.78, 5) is 18.8.